The van der Waals surface area contributed by atoms with Crippen molar-refractivity contribution in [2.45, 2.75) is 6.10 Å². The van der Waals surface area contributed by atoms with Crippen LogP contribution in [0.2, 0.25) is 0 Å². The van der Waals surface area contributed by atoms with Gasteiger partial charge in [0.15, 0.2) is 0 Å². The zero-order valence-electron chi connectivity index (χ0n) is 18.7. The van der Waals surface area contributed by atoms with E-state index in [-0.39, 0.29) is 12.2 Å². The van der Waals surface area contributed by atoms with Crippen LogP contribution >= 0.6 is 11.3 Å². The number of pyridine rings is 2. The van der Waals surface area contributed by atoms with Crippen LogP contribution in [-0.4, -0.2) is 67.0 Å². The zero-order valence-corrected chi connectivity index (χ0v) is 19.5. The highest BCUT2D eigenvalue weighted by molar-refractivity contribution is 7.16. The minimum absolute atomic E-state index is 0.171. The van der Waals surface area contributed by atoms with Crippen LogP contribution in [0.15, 0.2) is 48.1 Å². The number of cyclic esters (lactones) is 1. The standard InChI is InChI=1S/C24H24N6O3S/c1-32-22-5-3-18-23(28-22)20(6-7-26-18)29-11-15(12-29)9-25-10-17-13-30(24(31)33-17)16-2-4-21-19(8-16)27-14-34-21/h2-8,14-15,17,25H,9-13H2,1H3/t17-/m1/s1. The number of methoxy groups -OCH3 is 1. The van der Waals surface area contributed by atoms with Crippen molar-refractivity contribution < 1.29 is 14.3 Å². The first kappa shape index (κ1) is 21.1. The molecule has 9 nitrogen and oxygen atoms in total. The van der Waals surface area contributed by atoms with Gasteiger partial charge in [-0.3, -0.25) is 9.88 Å². The van der Waals surface area contributed by atoms with Gasteiger partial charge in [-0.15, -0.1) is 11.3 Å². The Morgan fingerprint density at radius 2 is 2.03 bits per heavy atom. The number of nitrogens with zero attached hydrogens (tertiary/aromatic N) is 5. The van der Waals surface area contributed by atoms with Gasteiger partial charge < -0.3 is 19.7 Å². The number of nitrogens with one attached hydrogen (secondary N) is 1. The van der Waals surface area contributed by atoms with Crippen LogP contribution in [0.25, 0.3) is 21.3 Å². The van der Waals surface area contributed by atoms with Crippen molar-refractivity contribution in [3.8, 4) is 5.88 Å². The number of hydrogen-bond donors (Lipinski definition) is 1. The molecule has 174 valence electrons. The Labute approximate surface area is 200 Å². The predicted octanol–water partition coefficient (Wildman–Crippen LogP) is 3.30. The fourth-order valence-corrected chi connectivity index (χ4v) is 5.22. The minimum Gasteiger partial charge on any atom is -0.481 e. The normalized spacial score (nSPS) is 18.5. The molecule has 0 unspecified atom stereocenters. The van der Waals surface area contributed by atoms with Crippen molar-refractivity contribution in [2.24, 2.45) is 5.92 Å². The van der Waals surface area contributed by atoms with Gasteiger partial charge in [0.25, 0.3) is 0 Å². The van der Waals surface area contributed by atoms with Crippen molar-refractivity contribution in [3.63, 3.8) is 0 Å². The number of fused-ring (bicyclic) bond motifs is 2. The lowest BCUT2D eigenvalue weighted by Crippen LogP contribution is -2.51. The van der Waals surface area contributed by atoms with Crippen LogP contribution in [-0.2, 0) is 4.74 Å². The fourth-order valence-electron chi connectivity index (χ4n) is 4.56. The van der Waals surface area contributed by atoms with Gasteiger partial charge >= 0.3 is 6.09 Å². The fraction of sp³-hybridized carbons (Fsp3) is 0.333. The topological polar surface area (TPSA) is 92.7 Å². The molecule has 6 rings (SSSR count). The highest BCUT2D eigenvalue weighted by Gasteiger charge is 2.33. The summed E-state index contributed by atoms with van der Waals surface area (Å²) >= 11 is 1.59. The van der Waals surface area contributed by atoms with E-state index in [9.17, 15) is 4.79 Å². The summed E-state index contributed by atoms with van der Waals surface area (Å²) in [6.45, 7) is 3.92. The lowest BCUT2D eigenvalue weighted by Gasteiger charge is -2.41. The first-order chi connectivity index (χ1) is 16.7. The summed E-state index contributed by atoms with van der Waals surface area (Å²) in [7, 11) is 1.62. The van der Waals surface area contributed by atoms with Gasteiger partial charge in [0.2, 0.25) is 5.88 Å². The predicted molar refractivity (Wildman–Crippen MR) is 132 cm³/mol. The van der Waals surface area contributed by atoms with E-state index < -0.39 is 0 Å². The molecule has 4 aromatic rings. The number of amides is 1. The Morgan fingerprint density at radius 1 is 1.12 bits per heavy atom. The van der Waals surface area contributed by atoms with Crippen molar-refractivity contribution >= 4 is 50.1 Å². The molecule has 1 amide bonds. The van der Waals surface area contributed by atoms with Crippen molar-refractivity contribution in [3.05, 3.63) is 48.1 Å². The molecule has 2 aliphatic rings. The second kappa shape index (κ2) is 8.69. The molecule has 2 saturated heterocycles. The first-order valence-electron chi connectivity index (χ1n) is 11.2. The number of carbonyl (C=O) groups is 1. The summed E-state index contributed by atoms with van der Waals surface area (Å²) in [6, 6.07) is 11.7. The average molecular weight is 477 g/mol. The Kier molecular flexibility index (Phi) is 5.39. The average Bonchev–Trinajstić information content (AvgIpc) is 3.45. The van der Waals surface area contributed by atoms with Gasteiger partial charge in [0, 0.05) is 50.0 Å². The highest BCUT2D eigenvalue weighted by Crippen LogP contribution is 2.31. The molecular formula is C24H24N6O3S. The van der Waals surface area contributed by atoms with Crippen LogP contribution in [0.1, 0.15) is 0 Å². The number of benzene rings is 1. The van der Waals surface area contributed by atoms with Crippen LogP contribution in [0.3, 0.4) is 0 Å². The summed E-state index contributed by atoms with van der Waals surface area (Å²) in [5, 5.41) is 3.49. The number of thiazole rings is 1. The van der Waals surface area contributed by atoms with Crippen LogP contribution in [0.4, 0.5) is 16.2 Å². The molecule has 3 aromatic heterocycles. The largest absolute Gasteiger partial charge is 0.481 e. The second-order valence-corrected chi connectivity index (χ2v) is 9.49. The number of anilines is 2. The lowest BCUT2D eigenvalue weighted by atomic mass is 9.99. The summed E-state index contributed by atoms with van der Waals surface area (Å²) < 4.78 is 12.0. The smallest absolute Gasteiger partial charge is 0.414 e. The third-order valence-electron chi connectivity index (χ3n) is 6.35. The monoisotopic (exact) mass is 476 g/mol. The second-order valence-electron chi connectivity index (χ2n) is 8.60. The SMILES string of the molecule is COc1ccc2nccc(N3CC(CNC[C@@H]4CN(c5ccc6scnc6c5)C(=O)O4)C3)c2n1. The number of hydrogen-bond acceptors (Lipinski definition) is 9. The van der Waals surface area contributed by atoms with Crippen LogP contribution in [0, 0.1) is 5.92 Å². The minimum atomic E-state index is -0.302. The zero-order chi connectivity index (χ0) is 23.1. The molecule has 1 N–H and O–H groups in total. The number of aromatic nitrogens is 3. The molecule has 2 aliphatic heterocycles. The van der Waals surface area contributed by atoms with Crippen molar-refractivity contribution in [1.82, 2.24) is 20.3 Å². The van der Waals surface area contributed by atoms with Gasteiger partial charge in [-0.25, -0.2) is 14.8 Å². The first-order valence-corrected chi connectivity index (χ1v) is 12.1. The van der Waals surface area contributed by atoms with Gasteiger partial charge in [0.05, 0.1) is 40.6 Å². The molecule has 0 aliphatic carbocycles. The third-order valence-corrected chi connectivity index (χ3v) is 7.16. The molecule has 0 saturated carbocycles. The third kappa shape index (κ3) is 3.88. The summed E-state index contributed by atoms with van der Waals surface area (Å²) in [6.07, 6.45) is 1.35. The Hall–Kier alpha value is -3.50. The van der Waals surface area contributed by atoms with Gasteiger partial charge in [-0.1, -0.05) is 0 Å². The Morgan fingerprint density at radius 3 is 2.91 bits per heavy atom. The maximum Gasteiger partial charge on any atom is 0.414 e. The van der Waals surface area contributed by atoms with Crippen molar-refractivity contribution in [2.75, 3.05) is 49.6 Å². The molecule has 0 bridgehead atoms. The van der Waals surface area contributed by atoms with E-state index in [2.05, 4.69) is 25.2 Å². The molecular weight excluding hydrogens is 452 g/mol. The Bertz CT molecular complexity index is 1360. The number of ether oxygens (including phenoxy) is 2. The van der Waals surface area contributed by atoms with Gasteiger partial charge in [-0.2, -0.15) is 0 Å². The molecule has 0 radical (unpaired) electrons. The molecule has 5 heterocycles. The quantitative estimate of drug-likeness (QED) is 0.434. The van der Waals surface area contributed by atoms with E-state index in [0.29, 0.717) is 24.9 Å². The summed E-state index contributed by atoms with van der Waals surface area (Å²) in [5.74, 6) is 1.11. The van der Waals surface area contributed by atoms with Crippen molar-refractivity contribution in [1.29, 1.82) is 0 Å². The Balaban J connectivity index is 1.01. The van der Waals surface area contributed by atoms with E-state index in [1.165, 1.54) is 0 Å². The molecule has 0 spiro atoms. The lowest BCUT2D eigenvalue weighted by molar-refractivity contribution is 0.139. The highest BCUT2D eigenvalue weighted by atomic mass is 32.1. The molecule has 2 fully saturated rings. The van der Waals surface area contributed by atoms with Crippen LogP contribution < -0.4 is 19.9 Å². The summed E-state index contributed by atoms with van der Waals surface area (Å²) in [5.41, 5.74) is 6.36. The molecule has 1 atom stereocenters. The maximum absolute atomic E-state index is 12.4. The number of carbonyl (C=O) groups excluding carboxylic acids is 1. The maximum atomic E-state index is 12.4. The van der Waals surface area contributed by atoms with E-state index in [0.717, 1.165) is 52.3 Å². The van der Waals surface area contributed by atoms with E-state index in [1.807, 2.05) is 48.1 Å². The van der Waals surface area contributed by atoms with Gasteiger partial charge in [-0.05, 0) is 30.3 Å². The van der Waals surface area contributed by atoms with E-state index in [1.54, 1.807) is 23.3 Å². The molecule has 1 aromatic carbocycles. The van der Waals surface area contributed by atoms with Crippen LogP contribution in [0.5, 0.6) is 5.88 Å². The molecule has 10 heteroatoms. The van der Waals surface area contributed by atoms with E-state index >= 15 is 0 Å². The molecule has 34 heavy (non-hydrogen) atoms. The number of rotatable bonds is 7. The van der Waals surface area contributed by atoms with Gasteiger partial charge in [0.1, 0.15) is 11.6 Å². The summed E-state index contributed by atoms with van der Waals surface area (Å²) in [4.78, 5) is 29.8. The van der Waals surface area contributed by atoms with E-state index in [4.69, 9.17) is 9.47 Å².